The molecule has 0 aliphatic carbocycles. The van der Waals surface area contributed by atoms with E-state index in [1.165, 1.54) is 0 Å². The fraction of sp³-hybridized carbons (Fsp3) is 1.00. The van der Waals surface area contributed by atoms with Gasteiger partial charge in [-0.15, -0.1) is 0 Å². The molecule has 0 aromatic heterocycles. The minimum atomic E-state index is -1.00. The second-order valence-electron chi connectivity index (χ2n) is 2.76. The van der Waals surface area contributed by atoms with Crippen molar-refractivity contribution >= 4 is 9.28 Å². The molecule has 0 N–H and O–H groups in total. The highest BCUT2D eigenvalue weighted by Crippen LogP contribution is 2.20. The molecule has 1 radical (unpaired) electrons. The van der Waals surface area contributed by atoms with Crippen LogP contribution in [0.25, 0.3) is 0 Å². The zero-order valence-electron chi connectivity index (χ0n) is 7.47. The summed E-state index contributed by atoms with van der Waals surface area (Å²) in [5, 5.41) is 0. The standard InChI is InChI=1S/C7H17O2Si/c1-6(2)7(3)10(8-4)9-5/h6-7H,1-5H3. The molecule has 1 unspecified atom stereocenters. The Bertz CT molecular complexity index is 81.7. The van der Waals surface area contributed by atoms with E-state index in [4.69, 9.17) is 8.85 Å². The van der Waals surface area contributed by atoms with Crippen LogP contribution in [0.2, 0.25) is 5.54 Å². The van der Waals surface area contributed by atoms with Crippen LogP contribution < -0.4 is 0 Å². The minimum Gasteiger partial charge on any atom is -0.397 e. The van der Waals surface area contributed by atoms with Crippen LogP contribution in [0.15, 0.2) is 0 Å². The van der Waals surface area contributed by atoms with E-state index in [9.17, 15) is 0 Å². The van der Waals surface area contributed by atoms with E-state index in [0.29, 0.717) is 11.5 Å². The van der Waals surface area contributed by atoms with Gasteiger partial charge in [0.25, 0.3) is 0 Å². The third-order valence-electron chi connectivity index (χ3n) is 1.77. The molecular formula is C7H17O2Si. The molecular weight excluding hydrogens is 144 g/mol. The molecule has 3 heteroatoms. The van der Waals surface area contributed by atoms with Crippen molar-refractivity contribution in [3.05, 3.63) is 0 Å². The molecule has 1 atom stereocenters. The van der Waals surface area contributed by atoms with Crippen LogP contribution in [0.4, 0.5) is 0 Å². The minimum absolute atomic E-state index is 0.556. The maximum Gasteiger partial charge on any atom is 0.387 e. The Labute approximate surface area is 65.4 Å². The van der Waals surface area contributed by atoms with Crippen LogP contribution in [-0.4, -0.2) is 23.5 Å². The zero-order valence-corrected chi connectivity index (χ0v) is 8.47. The molecule has 0 aromatic carbocycles. The van der Waals surface area contributed by atoms with Crippen LogP contribution in [0.5, 0.6) is 0 Å². The van der Waals surface area contributed by atoms with Crippen molar-refractivity contribution in [2.24, 2.45) is 5.92 Å². The first-order valence-electron chi connectivity index (χ1n) is 3.58. The molecule has 0 amide bonds. The van der Waals surface area contributed by atoms with Crippen LogP contribution in [0, 0.1) is 5.92 Å². The highest BCUT2D eigenvalue weighted by Gasteiger charge is 2.24. The van der Waals surface area contributed by atoms with E-state index in [0.717, 1.165) is 0 Å². The van der Waals surface area contributed by atoms with Gasteiger partial charge in [0, 0.05) is 19.8 Å². The van der Waals surface area contributed by atoms with Crippen molar-refractivity contribution in [1.29, 1.82) is 0 Å². The van der Waals surface area contributed by atoms with E-state index in [2.05, 4.69) is 20.8 Å². The summed E-state index contributed by atoms with van der Waals surface area (Å²) < 4.78 is 10.4. The first-order chi connectivity index (χ1) is 4.63. The van der Waals surface area contributed by atoms with Crippen molar-refractivity contribution in [1.82, 2.24) is 0 Å². The Morgan fingerprint density at radius 1 is 1.00 bits per heavy atom. The van der Waals surface area contributed by atoms with Crippen LogP contribution in [-0.2, 0) is 8.85 Å². The summed E-state index contributed by atoms with van der Waals surface area (Å²) in [5.74, 6) is 0.647. The van der Waals surface area contributed by atoms with Gasteiger partial charge in [-0.05, 0) is 5.92 Å². The lowest BCUT2D eigenvalue weighted by atomic mass is 10.1. The van der Waals surface area contributed by atoms with Crippen molar-refractivity contribution in [2.75, 3.05) is 14.2 Å². The second-order valence-corrected chi connectivity index (χ2v) is 5.13. The van der Waals surface area contributed by atoms with Gasteiger partial charge in [0.1, 0.15) is 0 Å². The van der Waals surface area contributed by atoms with Crippen LogP contribution in [0.3, 0.4) is 0 Å². The Hall–Kier alpha value is 0.137. The van der Waals surface area contributed by atoms with Gasteiger partial charge in [-0.1, -0.05) is 20.8 Å². The number of hydrogen-bond acceptors (Lipinski definition) is 2. The van der Waals surface area contributed by atoms with E-state index in [1.807, 2.05) is 0 Å². The predicted octanol–water partition coefficient (Wildman–Crippen LogP) is 1.81. The van der Waals surface area contributed by atoms with E-state index in [-0.39, 0.29) is 0 Å². The summed E-state index contributed by atoms with van der Waals surface area (Å²) in [4.78, 5) is 0. The van der Waals surface area contributed by atoms with Gasteiger partial charge < -0.3 is 8.85 Å². The van der Waals surface area contributed by atoms with Crippen molar-refractivity contribution in [3.63, 3.8) is 0 Å². The average Bonchev–Trinajstić information content (AvgIpc) is 1.90. The lowest BCUT2D eigenvalue weighted by Gasteiger charge is -2.19. The smallest absolute Gasteiger partial charge is 0.387 e. The molecule has 0 spiro atoms. The highest BCUT2D eigenvalue weighted by atomic mass is 28.3. The molecule has 10 heavy (non-hydrogen) atoms. The molecule has 0 aliphatic rings. The van der Waals surface area contributed by atoms with Gasteiger partial charge in [0.05, 0.1) is 0 Å². The zero-order chi connectivity index (χ0) is 8.15. The quantitative estimate of drug-likeness (QED) is 0.585. The molecule has 0 fully saturated rings. The van der Waals surface area contributed by atoms with Crippen molar-refractivity contribution < 1.29 is 8.85 Å². The van der Waals surface area contributed by atoms with Crippen molar-refractivity contribution in [2.45, 2.75) is 26.3 Å². The first-order valence-corrected chi connectivity index (χ1v) is 4.97. The SMILES string of the molecule is CO[Si](OC)C(C)C(C)C. The summed E-state index contributed by atoms with van der Waals surface area (Å²) in [5.41, 5.74) is 0.556. The first kappa shape index (κ1) is 10.1. The van der Waals surface area contributed by atoms with Crippen molar-refractivity contribution in [3.8, 4) is 0 Å². The lowest BCUT2D eigenvalue weighted by molar-refractivity contribution is 0.257. The summed E-state index contributed by atoms with van der Waals surface area (Å²) >= 11 is 0. The van der Waals surface area contributed by atoms with E-state index in [1.54, 1.807) is 14.2 Å². The fourth-order valence-electron chi connectivity index (χ4n) is 0.727. The van der Waals surface area contributed by atoms with Crippen LogP contribution in [0.1, 0.15) is 20.8 Å². The second kappa shape index (κ2) is 4.88. The number of rotatable bonds is 4. The third kappa shape index (κ3) is 2.81. The summed E-state index contributed by atoms with van der Waals surface area (Å²) in [6.07, 6.45) is 0. The summed E-state index contributed by atoms with van der Waals surface area (Å²) in [7, 11) is 2.44. The predicted molar refractivity (Wildman–Crippen MR) is 44.0 cm³/mol. The van der Waals surface area contributed by atoms with E-state index >= 15 is 0 Å². The molecule has 0 aliphatic heterocycles. The van der Waals surface area contributed by atoms with Gasteiger partial charge in [-0.2, -0.15) is 0 Å². The summed E-state index contributed by atoms with van der Waals surface area (Å²) in [6.45, 7) is 6.55. The normalized spacial score (nSPS) is 14.7. The van der Waals surface area contributed by atoms with Crippen LogP contribution >= 0.6 is 0 Å². The summed E-state index contributed by atoms with van der Waals surface area (Å²) in [6, 6.07) is 0. The van der Waals surface area contributed by atoms with Gasteiger partial charge >= 0.3 is 9.28 Å². The maximum atomic E-state index is 5.20. The van der Waals surface area contributed by atoms with Gasteiger partial charge in [0.15, 0.2) is 0 Å². The van der Waals surface area contributed by atoms with Gasteiger partial charge in [0.2, 0.25) is 0 Å². The topological polar surface area (TPSA) is 18.5 Å². The Morgan fingerprint density at radius 2 is 1.40 bits per heavy atom. The Kier molecular flexibility index (Phi) is 4.94. The molecule has 0 heterocycles. The number of hydrogen-bond donors (Lipinski definition) is 0. The largest absolute Gasteiger partial charge is 0.397 e. The Morgan fingerprint density at radius 3 is 1.50 bits per heavy atom. The lowest BCUT2D eigenvalue weighted by Crippen LogP contribution is -2.27. The molecule has 0 rings (SSSR count). The third-order valence-corrected chi connectivity index (χ3v) is 3.99. The van der Waals surface area contributed by atoms with Gasteiger partial charge in [-0.25, -0.2) is 0 Å². The molecule has 0 saturated heterocycles. The molecule has 0 bridgehead atoms. The molecule has 2 nitrogen and oxygen atoms in total. The Balaban J connectivity index is 3.76. The average molecular weight is 161 g/mol. The van der Waals surface area contributed by atoms with E-state index < -0.39 is 9.28 Å². The fourth-order valence-corrected chi connectivity index (χ4v) is 2.18. The monoisotopic (exact) mass is 161 g/mol. The molecule has 0 aromatic rings. The van der Waals surface area contributed by atoms with Gasteiger partial charge in [-0.3, -0.25) is 0 Å². The molecule has 61 valence electrons. The maximum absolute atomic E-state index is 5.20. The highest BCUT2D eigenvalue weighted by molar-refractivity contribution is 6.46. The molecule has 0 saturated carbocycles.